The van der Waals surface area contributed by atoms with E-state index in [9.17, 15) is 0 Å². The summed E-state index contributed by atoms with van der Waals surface area (Å²) in [6.45, 7) is 2.30. The first-order valence-electron chi connectivity index (χ1n) is 5.16. The van der Waals surface area contributed by atoms with Crippen molar-refractivity contribution in [2.75, 3.05) is 0 Å². The van der Waals surface area contributed by atoms with Gasteiger partial charge in [-0.1, -0.05) is 6.92 Å². The molecule has 2 N–H and O–H groups in total. The second-order valence-corrected chi connectivity index (χ2v) is 6.82. The van der Waals surface area contributed by atoms with Gasteiger partial charge in [-0.2, -0.15) is 0 Å². The van der Waals surface area contributed by atoms with Gasteiger partial charge in [-0.05, 0) is 59.2 Å². The smallest absolute Gasteiger partial charge is 0.0701 e. The van der Waals surface area contributed by atoms with Crippen LogP contribution >= 0.6 is 27.3 Å². The van der Waals surface area contributed by atoms with Crippen LogP contribution in [0.2, 0.25) is 0 Å². The van der Waals surface area contributed by atoms with E-state index in [1.165, 1.54) is 27.9 Å². The van der Waals surface area contributed by atoms with Gasteiger partial charge >= 0.3 is 0 Å². The summed E-state index contributed by atoms with van der Waals surface area (Å²) in [6, 6.07) is 4.80. The maximum Gasteiger partial charge on any atom is 0.0701 e. The van der Waals surface area contributed by atoms with E-state index in [-0.39, 0.29) is 0 Å². The fourth-order valence-corrected chi connectivity index (χ4v) is 3.87. The summed E-state index contributed by atoms with van der Waals surface area (Å²) in [5, 5.41) is 0. The van der Waals surface area contributed by atoms with Gasteiger partial charge in [0.2, 0.25) is 0 Å². The highest BCUT2D eigenvalue weighted by atomic mass is 79.9. The van der Waals surface area contributed by atoms with E-state index in [0.717, 1.165) is 5.92 Å². The number of nitrogens with two attached hydrogens (primary N) is 1. The third kappa shape index (κ3) is 2.20. The van der Waals surface area contributed by atoms with E-state index in [1.54, 1.807) is 0 Å². The molecule has 0 aromatic carbocycles. The third-order valence-corrected chi connectivity index (χ3v) is 5.03. The highest BCUT2D eigenvalue weighted by Gasteiger charge is 2.30. The van der Waals surface area contributed by atoms with Crippen LogP contribution in [0, 0.1) is 11.8 Å². The first-order chi connectivity index (χ1) is 6.66. The SMILES string of the molecule is CC1C(N)CCC1Cc1ccc(Br)s1. The van der Waals surface area contributed by atoms with E-state index in [4.69, 9.17) is 5.73 Å². The molecular formula is C11H16BrNS. The Morgan fingerprint density at radius 3 is 2.79 bits per heavy atom. The Bertz CT molecular complexity index is 310. The molecule has 1 nitrogen and oxygen atoms in total. The summed E-state index contributed by atoms with van der Waals surface area (Å²) in [7, 11) is 0. The van der Waals surface area contributed by atoms with Crippen LogP contribution in [0.5, 0.6) is 0 Å². The minimum Gasteiger partial charge on any atom is -0.327 e. The molecule has 78 valence electrons. The molecule has 0 saturated heterocycles. The number of rotatable bonds is 2. The van der Waals surface area contributed by atoms with Crippen molar-refractivity contribution in [2.24, 2.45) is 17.6 Å². The van der Waals surface area contributed by atoms with Gasteiger partial charge in [0, 0.05) is 10.9 Å². The van der Waals surface area contributed by atoms with Crippen molar-refractivity contribution >= 4 is 27.3 Å². The maximum absolute atomic E-state index is 6.02. The Balaban J connectivity index is 1.98. The van der Waals surface area contributed by atoms with Gasteiger partial charge in [0.1, 0.15) is 0 Å². The molecule has 1 fully saturated rings. The summed E-state index contributed by atoms with van der Waals surface area (Å²) in [5.41, 5.74) is 6.02. The lowest BCUT2D eigenvalue weighted by atomic mass is 9.92. The molecule has 0 amide bonds. The van der Waals surface area contributed by atoms with Crippen molar-refractivity contribution < 1.29 is 0 Å². The van der Waals surface area contributed by atoms with Gasteiger partial charge in [0.15, 0.2) is 0 Å². The minimum absolute atomic E-state index is 0.434. The molecule has 1 saturated carbocycles. The summed E-state index contributed by atoms with van der Waals surface area (Å²) >= 11 is 5.36. The normalized spacial score (nSPS) is 32.4. The highest BCUT2D eigenvalue weighted by Crippen LogP contribution is 2.35. The van der Waals surface area contributed by atoms with Crippen LogP contribution in [0.15, 0.2) is 15.9 Å². The quantitative estimate of drug-likeness (QED) is 0.878. The van der Waals surface area contributed by atoms with Crippen molar-refractivity contribution in [3.05, 3.63) is 20.8 Å². The zero-order valence-corrected chi connectivity index (χ0v) is 10.8. The molecule has 1 aromatic rings. The first-order valence-corrected chi connectivity index (χ1v) is 6.77. The van der Waals surface area contributed by atoms with Crippen LogP contribution in [0.3, 0.4) is 0 Å². The Kier molecular flexibility index (Phi) is 3.30. The summed E-state index contributed by atoms with van der Waals surface area (Å²) in [6.07, 6.45) is 3.72. The molecule has 0 spiro atoms. The zero-order chi connectivity index (χ0) is 10.1. The van der Waals surface area contributed by atoms with E-state index < -0.39 is 0 Å². The monoisotopic (exact) mass is 273 g/mol. The minimum atomic E-state index is 0.434. The van der Waals surface area contributed by atoms with Crippen LogP contribution in [-0.4, -0.2) is 6.04 Å². The van der Waals surface area contributed by atoms with Gasteiger partial charge in [-0.3, -0.25) is 0 Å². The predicted octanol–water partition coefficient (Wildman–Crippen LogP) is 3.43. The maximum atomic E-state index is 6.02. The first kappa shape index (κ1) is 10.7. The molecule has 1 aromatic heterocycles. The molecule has 3 unspecified atom stereocenters. The van der Waals surface area contributed by atoms with Gasteiger partial charge in [-0.25, -0.2) is 0 Å². The van der Waals surface area contributed by atoms with Crippen molar-refractivity contribution in [3.63, 3.8) is 0 Å². The number of thiophene rings is 1. The van der Waals surface area contributed by atoms with Gasteiger partial charge in [0.05, 0.1) is 3.79 Å². The molecule has 3 heteroatoms. The highest BCUT2D eigenvalue weighted by molar-refractivity contribution is 9.11. The molecule has 14 heavy (non-hydrogen) atoms. The molecular weight excluding hydrogens is 258 g/mol. The average Bonchev–Trinajstić information content (AvgIpc) is 2.67. The molecule has 1 heterocycles. The van der Waals surface area contributed by atoms with Crippen molar-refractivity contribution in [3.8, 4) is 0 Å². The third-order valence-electron chi connectivity index (χ3n) is 3.38. The number of hydrogen-bond acceptors (Lipinski definition) is 2. The standard InChI is InChI=1S/C11H16BrNS/c1-7-8(2-4-10(7)13)6-9-3-5-11(12)14-9/h3,5,7-8,10H,2,4,6,13H2,1H3. The fourth-order valence-electron chi connectivity index (χ4n) is 2.29. The second kappa shape index (κ2) is 4.33. The van der Waals surface area contributed by atoms with Gasteiger partial charge in [-0.15, -0.1) is 11.3 Å². The number of halogens is 1. The topological polar surface area (TPSA) is 26.0 Å². The Morgan fingerprint density at radius 2 is 2.29 bits per heavy atom. The predicted molar refractivity (Wildman–Crippen MR) is 65.6 cm³/mol. The van der Waals surface area contributed by atoms with Gasteiger partial charge in [0.25, 0.3) is 0 Å². The van der Waals surface area contributed by atoms with E-state index in [1.807, 2.05) is 11.3 Å². The van der Waals surface area contributed by atoms with Crippen LogP contribution in [0.1, 0.15) is 24.6 Å². The molecule has 3 atom stereocenters. The van der Waals surface area contributed by atoms with Crippen LogP contribution in [0.25, 0.3) is 0 Å². The van der Waals surface area contributed by atoms with E-state index >= 15 is 0 Å². The lowest BCUT2D eigenvalue weighted by Gasteiger charge is -2.16. The zero-order valence-electron chi connectivity index (χ0n) is 8.37. The van der Waals surface area contributed by atoms with Crippen molar-refractivity contribution in [2.45, 2.75) is 32.2 Å². The Hall–Kier alpha value is 0.140. The summed E-state index contributed by atoms with van der Waals surface area (Å²) < 4.78 is 1.24. The molecule has 0 aliphatic heterocycles. The molecule has 2 rings (SSSR count). The van der Waals surface area contributed by atoms with E-state index in [2.05, 4.69) is 35.0 Å². The number of hydrogen-bond donors (Lipinski definition) is 1. The second-order valence-electron chi connectivity index (χ2n) is 4.27. The lowest BCUT2D eigenvalue weighted by Crippen LogP contribution is -2.25. The summed E-state index contributed by atoms with van der Waals surface area (Å²) in [5.74, 6) is 1.49. The van der Waals surface area contributed by atoms with Gasteiger partial charge < -0.3 is 5.73 Å². The largest absolute Gasteiger partial charge is 0.327 e. The Morgan fingerprint density at radius 1 is 1.50 bits per heavy atom. The fraction of sp³-hybridized carbons (Fsp3) is 0.636. The van der Waals surface area contributed by atoms with Crippen molar-refractivity contribution in [1.29, 1.82) is 0 Å². The van der Waals surface area contributed by atoms with Crippen LogP contribution in [-0.2, 0) is 6.42 Å². The molecule has 0 bridgehead atoms. The molecule has 1 aliphatic rings. The molecule has 1 aliphatic carbocycles. The summed E-state index contributed by atoms with van der Waals surface area (Å²) in [4.78, 5) is 1.49. The Labute approximate surface area is 97.8 Å². The lowest BCUT2D eigenvalue weighted by molar-refractivity contribution is 0.392. The average molecular weight is 274 g/mol. The van der Waals surface area contributed by atoms with Crippen LogP contribution in [0.4, 0.5) is 0 Å². The van der Waals surface area contributed by atoms with E-state index in [0.29, 0.717) is 12.0 Å². The van der Waals surface area contributed by atoms with Crippen LogP contribution < -0.4 is 5.73 Å². The molecule has 0 radical (unpaired) electrons. The van der Waals surface area contributed by atoms with Crippen molar-refractivity contribution in [1.82, 2.24) is 0 Å².